The Labute approximate surface area is 333 Å². The Balaban J connectivity index is 0.877. The average Bonchev–Trinajstić information content (AvgIpc) is 3.97. The summed E-state index contributed by atoms with van der Waals surface area (Å²) in [6.07, 6.45) is 11.2. The fourth-order valence-electron chi connectivity index (χ4n) is 7.28. The van der Waals surface area contributed by atoms with Crippen LogP contribution in [0, 0.1) is 6.92 Å². The molecular formula is C43H42N8O3S2. The summed E-state index contributed by atoms with van der Waals surface area (Å²) in [6, 6.07) is 25.0. The lowest BCUT2D eigenvalue weighted by molar-refractivity contribution is 0.0523. The van der Waals surface area contributed by atoms with Crippen molar-refractivity contribution in [1.82, 2.24) is 24.8 Å². The van der Waals surface area contributed by atoms with E-state index in [0.29, 0.717) is 45.1 Å². The minimum atomic E-state index is -0.374. The number of rotatable bonds is 10. The van der Waals surface area contributed by atoms with Crippen LogP contribution in [0.5, 0.6) is 0 Å². The molecule has 6 aromatic rings. The van der Waals surface area contributed by atoms with Gasteiger partial charge in [0.25, 0.3) is 17.7 Å². The van der Waals surface area contributed by atoms with Crippen LogP contribution in [-0.2, 0) is 0 Å². The van der Waals surface area contributed by atoms with Crippen molar-refractivity contribution in [3.8, 4) is 21.0 Å². The summed E-state index contributed by atoms with van der Waals surface area (Å²) in [4.78, 5) is 60.3. The summed E-state index contributed by atoms with van der Waals surface area (Å²) >= 11 is 3.03. The number of aromatic nitrogens is 3. The monoisotopic (exact) mass is 782 g/mol. The topological polar surface area (TPSA) is 132 Å². The number of nitrogens with one attached hydrogen (secondary N) is 3. The van der Waals surface area contributed by atoms with Crippen LogP contribution in [0.4, 0.5) is 23.0 Å². The molecule has 3 N–H and O–H groups in total. The lowest BCUT2D eigenvalue weighted by Gasteiger charge is -2.40. The van der Waals surface area contributed by atoms with Crippen LogP contribution in [-0.4, -0.2) is 74.7 Å². The summed E-state index contributed by atoms with van der Waals surface area (Å²) < 4.78 is 0. The van der Waals surface area contributed by atoms with E-state index in [4.69, 9.17) is 4.98 Å². The third-order valence-electron chi connectivity index (χ3n) is 10.4. The Morgan fingerprint density at radius 1 is 0.768 bits per heavy atom. The van der Waals surface area contributed by atoms with Crippen molar-refractivity contribution in [3.63, 3.8) is 0 Å². The predicted octanol–water partition coefficient (Wildman–Crippen LogP) is 8.98. The quantitative estimate of drug-likeness (QED) is 0.126. The van der Waals surface area contributed by atoms with E-state index in [1.807, 2.05) is 83.9 Å². The van der Waals surface area contributed by atoms with Crippen LogP contribution >= 0.6 is 22.7 Å². The second-order valence-electron chi connectivity index (χ2n) is 14.1. The van der Waals surface area contributed by atoms with Gasteiger partial charge in [-0.2, -0.15) is 0 Å². The van der Waals surface area contributed by atoms with Crippen molar-refractivity contribution in [3.05, 3.63) is 124 Å². The first-order valence-electron chi connectivity index (χ1n) is 18.9. The van der Waals surface area contributed by atoms with Gasteiger partial charge in [-0.1, -0.05) is 43.5 Å². The predicted molar refractivity (Wildman–Crippen MR) is 224 cm³/mol. The van der Waals surface area contributed by atoms with Crippen LogP contribution < -0.4 is 16.0 Å². The molecule has 5 heterocycles. The third kappa shape index (κ3) is 8.70. The summed E-state index contributed by atoms with van der Waals surface area (Å²) in [5, 5.41) is 11.1. The summed E-state index contributed by atoms with van der Waals surface area (Å²) in [5.74, 6) is -0.174. The van der Waals surface area contributed by atoms with Gasteiger partial charge in [0.2, 0.25) is 5.95 Å². The Hall–Kier alpha value is -5.76. The molecule has 0 spiro atoms. The molecule has 1 saturated carbocycles. The van der Waals surface area contributed by atoms with Crippen LogP contribution in [0.3, 0.4) is 0 Å². The molecule has 0 atom stereocenters. The molecule has 1 aliphatic heterocycles. The highest BCUT2D eigenvalue weighted by Crippen LogP contribution is 2.32. The van der Waals surface area contributed by atoms with E-state index in [1.165, 1.54) is 55.8 Å². The van der Waals surface area contributed by atoms with Crippen LogP contribution in [0.15, 0.2) is 103 Å². The molecule has 2 fully saturated rings. The molecule has 3 amide bonds. The van der Waals surface area contributed by atoms with Gasteiger partial charge in [0.15, 0.2) is 0 Å². The van der Waals surface area contributed by atoms with E-state index >= 15 is 0 Å². The van der Waals surface area contributed by atoms with Crippen LogP contribution in [0.1, 0.15) is 68.1 Å². The number of aryl methyl sites for hydroxylation is 1. The van der Waals surface area contributed by atoms with E-state index in [9.17, 15) is 14.4 Å². The molecule has 0 radical (unpaired) electrons. The first-order valence-corrected chi connectivity index (χ1v) is 20.6. The fraction of sp³-hybridized carbons (Fsp3) is 0.256. The molecule has 2 aliphatic rings. The zero-order valence-corrected chi connectivity index (χ0v) is 32.7. The number of thiophene rings is 2. The van der Waals surface area contributed by atoms with E-state index in [0.717, 1.165) is 52.7 Å². The summed E-state index contributed by atoms with van der Waals surface area (Å²) in [7, 11) is 0. The number of hydrogen-bond acceptors (Lipinski definition) is 10. The van der Waals surface area contributed by atoms with Crippen molar-refractivity contribution in [2.24, 2.45) is 0 Å². The number of carbonyl (C=O) groups is 3. The van der Waals surface area contributed by atoms with E-state index in [-0.39, 0.29) is 17.7 Å². The van der Waals surface area contributed by atoms with E-state index in [2.05, 4.69) is 30.8 Å². The Kier molecular flexibility index (Phi) is 11.2. The number of benzene rings is 2. The van der Waals surface area contributed by atoms with E-state index in [1.54, 1.807) is 29.7 Å². The third-order valence-corrected chi connectivity index (χ3v) is 12.5. The maximum absolute atomic E-state index is 13.4. The number of pyridine rings is 1. The Morgan fingerprint density at radius 3 is 2.36 bits per heavy atom. The minimum Gasteiger partial charge on any atom is -0.336 e. The molecule has 2 aromatic carbocycles. The molecule has 284 valence electrons. The number of nitrogens with zero attached hydrogens (tertiary/aromatic N) is 5. The maximum Gasteiger partial charge on any atom is 0.265 e. The minimum absolute atomic E-state index is 0.0703. The number of hydrogen-bond donors (Lipinski definition) is 3. The van der Waals surface area contributed by atoms with Gasteiger partial charge in [0.1, 0.15) is 0 Å². The van der Waals surface area contributed by atoms with Gasteiger partial charge in [-0.15, -0.1) is 22.7 Å². The smallest absolute Gasteiger partial charge is 0.265 e. The zero-order chi connectivity index (χ0) is 38.4. The molecular weight excluding hydrogens is 741 g/mol. The Morgan fingerprint density at radius 2 is 1.57 bits per heavy atom. The number of piperazine rings is 1. The molecule has 13 heteroatoms. The van der Waals surface area contributed by atoms with Crippen LogP contribution in [0.25, 0.3) is 21.0 Å². The van der Waals surface area contributed by atoms with Gasteiger partial charge in [-0.25, -0.2) is 9.97 Å². The van der Waals surface area contributed by atoms with E-state index < -0.39 is 0 Å². The molecule has 11 nitrogen and oxygen atoms in total. The first-order chi connectivity index (χ1) is 27.4. The summed E-state index contributed by atoms with van der Waals surface area (Å²) in [5.41, 5.74) is 5.19. The van der Waals surface area contributed by atoms with Crippen molar-refractivity contribution in [2.75, 3.05) is 42.1 Å². The van der Waals surface area contributed by atoms with Gasteiger partial charge in [0.05, 0.1) is 28.0 Å². The molecule has 1 saturated heterocycles. The number of amides is 3. The largest absolute Gasteiger partial charge is 0.336 e. The van der Waals surface area contributed by atoms with Gasteiger partial charge >= 0.3 is 0 Å². The Bertz CT molecular complexity index is 2330. The first kappa shape index (κ1) is 37.2. The second-order valence-corrected chi connectivity index (χ2v) is 16.2. The highest BCUT2D eigenvalue weighted by atomic mass is 32.1. The molecule has 0 bridgehead atoms. The zero-order valence-electron chi connectivity index (χ0n) is 31.0. The van der Waals surface area contributed by atoms with Crippen molar-refractivity contribution in [1.29, 1.82) is 0 Å². The lowest BCUT2D eigenvalue weighted by atomic mass is 9.94. The lowest BCUT2D eigenvalue weighted by Crippen LogP contribution is -2.52. The van der Waals surface area contributed by atoms with Gasteiger partial charge in [-0.05, 0) is 85.3 Å². The van der Waals surface area contributed by atoms with Gasteiger partial charge < -0.3 is 20.9 Å². The SMILES string of the molecule is Cc1ccc(NC(=O)c2cncc(NC(=O)c3ccc(-c4cccs4)s3)c2)cc1Nc1nccc(-c2ccc(C(=O)N3CCN(C4CCCCC4)CC3)cc2)n1. The highest BCUT2D eigenvalue weighted by molar-refractivity contribution is 7.22. The maximum atomic E-state index is 13.4. The molecule has 56 heavy (non-hydrogen) atoms. The van der Waals surface area contributed by atoms with Gasteiger partial charge in [0, 0.05) is 76.9 Å². The molecule has 1 aliphatic carbocycles. The standard InChI is InChI=1S/C43H42N8O3S2/c1-28-9-14-32(46-40(52)31-24-33(27-44-26-31)47-41(53)39-16-15-38(56-39)37-8-5-23-55-37)25-36(28)49-43-45-18-17-35(48-43)29-10-12-30(13-11-29)42(54)51-21-19-50(20-22-51)34-6-3-2-4-7-34/h5,8-18,23-27,34H,2-4,6-7,19-22H2,1H3,(H,46,52)(H,47,53)(H,45,48,49). The second kappa shape index (κ2) is 16.9. The molecule has 4 aromatic heterocycles. The molecule has 8 rings (SSSR count). The van der Waals surface area contributed by atoms with Crippen molar-refractivity contribution < 1.29 is 14.4 Å². The number of anilines is 4. The van der Waals surface area contributed by atoms with Crippen LogP contribution in [0.2, 0.25) is 0 Å². The fourth-order valence-corrected chi connectivity index (χ4v) is 9.01. The highest BCUT2D eigenvalue weighted by Gasteiger charge is 2.27. The normalized spacial score (nSPS) is 15.0. The number of carbonyl (C=O) groups excluding carboxylic acids is 3. The average molecular weight is 783 g/mol. The van der Waals surface area contributed by atoms with Gasteiger partial charge in [-0.3, -0.25) is 24.3 Å². The summed E-state index contributed by atoms with van der Waals surface area (Å²) in [6.45, 7) is 5.37. The van der Waals surface area contributed by atoms with Crippen molar-refractivity contribution >= 4 is 63.4 Å². The molecule has 0 unspecified atom stereocenters. The van der Waals surface area contributed by atoms with Crippen molar-refractivity contribution in [2.45, 2.75) is 45.1 Å².